The molecule has 2 heteroatoms. The van der Waals surface area contributed by atoms with E-state index in [2.05, 4.69) is 34.6 Å². The second kappa shape index (κ2) is 8.04. The van der Waals surface area contributed by atoms with E-state index in [4.69, 9.17) is 0 Å². The summed E-state index contributed by atoms with van der Waals surface area (Å²) in [5.41, 5.74) is 0. The zero-order chi connectivity index (χ0) is 10.2. The lowest BCUT2D eigenvalue weighted by atomic mass is 10.0. The number of alkyl halides is 1. The molecule has 1 rings (SSSR count). The Morgan fingerprint density at radius 1 is 1.14 bits per heavy atom. The van der Waals surface area contributed by atoms with Crippen LogP contribution >= 0.6 is 27.7 Å². The fraction of sp³-hybridized carbons (Fsp3) is 1.00. The van der Waals surface area contributed by atoms with Crippen LogP contribution in [0.3, 0.4) is 0 Å². The van der Waals surface area contributed by atoms with Gasteiger partial charge in [0.2, 0.25) is 0 Å². The van der Waals surface area contributed by atoms with Crippen molar-refractivity contribution in [3.05, 3.63) is 0 Å². The van der Waals surface area contributed by atoms with E-state index < -0.39 is 0 Å². The van der Waals surface area contributed by atoms with Gasteiger partial charge in [0.15, 0.2) is 0 Å². The summed E-state index contributed by atoms with van der Waals surface area (Å²) in [5.74, 6) is 1.36. The third-order valence-electron chi connectivity index (χ3n) is 2.95. The van der Waals surface area contributed by atoms with Gasteiger partial charge in [-0.05, 0) is 25.0 Å². The average Bonchev–Trinajstić information content (AvgIpc) is 2.17. The zero-order valence-corrected chi connectivity index (χ0v) is 11.7. The second-order valence-corrected chi connectivity index (χ2v) is 6.79. The molecule has 0 spiro atoms. The molecule has 0 aromatic carbocycles. The number of hydrogen-bond donors (Lipinski definition) is 0. The minimum atomic E-state index is 0.782. The quantitative estimate of drug-likeness (QED) is 0.515. The first-order chi connectivity index (χ1) is 6.84. The Bertz CT molecular complexity index is 138. The van der Waals surface area contributed by atoms with E-state index in [1.807, 2.05) is 0 Å². The SMILES string of the molecule is CCCCSC1CCCCCCC1Br. The summed E-state index contributed by atoms with van der Waals surface area (Å²) >= 11 is 6.08. The van der Waals surface area contributed by atoms with Gasteiger partial charge in [-0.15, -0.1) is 0 Å². The summed E-state index contributed by atoms with van der Waals surface area (Å²) in [6.45, 7) is 2.28. The van der Waals surface area contributed by atoms with Crippen molar-refractivity contribution in [2.75, 3.05) is 5.75 Å². The molecule has 1 aliphatic rings. The van der Waals surface area contributed by atoms with Gasteiger partial charge in [0.25, 0.3) is 0 Å². The van der Waals surface area contributed by atoms with E-state index in [1.54, 1.807) is 0 Å². The summed E-state index contributed by atoms with van der Waals surface area (Å²) in [7, 11) is 0. The average molecular weight is 279 g/mol. The zero-order valence-electron chi connectivity index (χ0n) is 9.30. The van der Waals surface area contributed by atoms with Crippen molar-refractivity contribution in [1.29, 1.82) is 0 Å². The van der Waals surface area contributed by atoms with Crippen LogP contribution in [-0.2, 0) is 0 Å². The normalized spacial score (nSPS) is 29.6. The Kier molecular flexibility index (Phi) is 7.40. The lowest BCUT2D eigenvalue weighted by molar-refractivity contribution is 0.525. The van der Waals surface area contributed by atoms with Crippen molar-refractivity contribution in [1.82, 2.24) is 0 Å². The van der Waals surface area contributed by atoms with Gasteiger partial charge < -0.3 is 0 Å². The van der Waals surface area contributed by atoms with E-state index in [0.717, 1.165) is 10.1 Å². The number of thioether (sulfide) groups is 1. The number of unbranched alkanes of at least 4 members (excludes halogenated alkanes) is 1. The Balaban J connectivity index is 2.22. The first-order valence-corrected chi connectivity index (χ1v) is 8.06. The molecule has 0 N–H and O–H groups in total. The lowest BCUT2D eigenvalue weighted by Gasteiger charge is -2.24. The molecule has 0 saturated heterocycles. The predicted molar refractivity (Wildman–Crippen MR) is 71.6 cm³/mol. The Labute approximate surface area is 102 Å². The smallest absolute Gasteiger partial charge is 0.0264 e. The molecule has 14 heavy (non-hydrogen) atoms. The van der Waals surface area contributed by atoms with Gasteiger partial charge in [0, 0.05) is 10.1 Å². The molecule has 0 nitrogen and oxygen atoms in total. The Hall–Kier alpha value is 0.830. The molecule has 0 amide bonds. The van der Waals surface area contributed by atoms with Gasteiger partial charge in [-0.2, -0.15) is 11.8 Å². The number of halogens is 1. The highest BCUT2D eigenvalue weighted by Crippen LogP contribution is 2.31. The second-order valence-electron chi connectivity index (χ2n) is 4.27. The van der Waals surface area contributed by atoms with Crippen LogP contribution in [0.1, 0.15) is 58.3 Å². The topological polar surface area (TPSA) is 0 Å². The van der Waals surface area contributed by atoms with Crippen LogP contribution < -0.4 is 0 Å². The summed E-state index contributed by atoms with van der Waals surface area (Å²) in [5, 5.41) is 0.891. The van der Waals surface area contributed by atoms with Gasteiger partial charge in [-0.1, -0.05) is 55.0 Å². The van der Waals surface area contributed by atoms with E-state index in [9.17, 15) is 0 Å². The standard InChI is InChI=1S/C12H23BrS/c1-2-3-10-14-12-9-7-5-4-6-8-11(12)13/h11-12H,2-10H2,1H3. The Morgan fingerprint density at radius 2 is 1.86 bits per heavy atom. The highest BCUT2D eigenvalue weighted by Gasteiger charge is 2.20. The van der Waals surface area contributed by atoms with Gasteiger partial charge in [0.05, 0.1) is 0 Å². The highest BCUT2D eigenvalue weighted by atomic mass is 79.9. The maximum absolute atomic E-state index is 3.87. The van der Waals surface area contributed by atoms with E-state index in [1.165, 1.54) is 57.1 Å². The molecule has 84 valence electrons. The van der Waals surface area contributed by atoms with E-state index in [-0.39, 0.29) is 0 Å². The van der Waals surface area contributed by atoms with Gasteiger partial charge in [0.1, 0.15) is 0 Å². The maximum Gasteiger partial charge on any atom is 0.0264 e. The van der Waals surface area contributed by atoms with Crippen molar-refractivity contribution in [3.8, 4) is 0 Å². The van der Waals surface area contributed by atoms with Gasteiger partial charge >= 0.3 is 0 Å². The monoisotopic (exact) mass is 278 g/mol. The summed E-state index contributed by atoms with van der Waals surface area (Å²) in [6, 6.07) is 0. The van der Waals surface area contributed by atoms with Gasteiger partial charge in [-0.3, -0.25) is 0 Å². The van der Waals surface area contributed by atoms with Crippen LogP contribution in [0.15, 0.2) is 0 Å². The molecule has 0 aliphatic heterocycles. The van der Waals surface area contributed by atoms with Crippen LogP contribution in [0.25, 0.3) is 0 Å². The molecule has 2 unspecified atom stereocenters. The van der Waals surface area contributed by atoms with Crippen LogP contribution in [0, 0.1) is 0 Å². The first-order valence-electron chi connectivity index (χ1n) is 6.10. The van der Waals surface area contributed by atoms with Crippen molar-refractivity contribution in [2.24, 2.45) is 0 Å². The largest absolute Gasteiger partial charge is 0.157 e. The summed E-state index contributed by atoms with van der Waals surface area (Å²) in [4.78, 5) is 0.782. The molecule has 0 radical (unpaired) electrons. The molecule has 2 atom stereocenters. The molecule has 0 heterocycles. The number of hydrogen-bond acceptors (Lipinski definition) is 1. The van der Waals surface area contributed by atoms with Crippen LogP contribution in [-0.4, -0.2) is 15.8 Å². The number of rotatable bonds is 4. The maximum atomic E-state index is 3.87. The molecule has 1 saturated carbocycles. The van der Waals surface area contributed by atoms with Gasteiger partial charge in [-0.25, -0.2) is 0 Å². The fourth-order valence-electron chi connectivity index (χ4n) is 1.97. The fourth-order valence-corrected chi connectivity index (χ4v) is 4.45. The molecular formula is C12H23BrS. The van der Waals surface area contributed by atoms with Crippen LogP contribution in [0.2, 0.25) is 0 Å². The minimum absolute atomic E-state index is 0.782. The highest BCUT2D eigenvalue weighted by molar-refractivity contribution is 9.09. The van der Waals surface area contributed by atoms with E-state index >= 15 is 0 Å². The predicted octanol–water partition coefficient (Wildman–Crippen LogP) is 5.01. The Morgan fingerprint density at radius 3 is 2.57 bits per heavy atom. The molecular weight excluding hydrogens is 256 g/mol. The molecule has 1 aliphatic carbocycles. The van der Waals surface area contributed by atoms with Crippen molar-refractivity contribution < 1.29 is 0 Å². The third kappa shape index (κ3) is 5.06. The summed E-state index contributed by atoms with van der Waals surface area (Å²) < 4.78 is 0. The van der Waals surface area contributed by atoms with E-state index in [0.29, 0.717) is 0 Å². The lowest BCUT2D eigenvalue weighted by Crippen LogP contribution is -2.19. The van der Waals surface area contributed by atoms with Crippen molar-refractivity contribution in [3.63, 3.8) is 0 Å². The third-order valence-corrected chi connectivity index (χ3v) is 5.91. The molecule has 1 fully saturated rings. The first kappa shape index (κ1) is 12.9. The van der Waals surface area contributed by atoms with Crippen LogP contribution in [0.4, 0.5) is 0 Å². The minimum Gasteiger partial charge on any atom is -0.157 e. The van der Waals surface area contributed by atoms with Crippen LogP contribution in [0.5, 0.6) is 0 Å². The van der Waals surface area contributed by atoms with Crippen molar-refractivity contribution >= 4 is 27.7 Å². The summed E-state index contributed by atoms with van der Waals surface area (Å²) in [6.07, 6.45) is 11.4. The molecule has 0 aromatic heterocycles. The van der Waals surface area contributed by atoms with Crippen molar-refractivity contribution in [2.45, 2.75) is 68.4 Å². The molecule has 0 aromatic rings. The molecule has 0 bridgehead atoms.